The average molecular weight is 288 g/mol. The van der Waals surface area contributed by atoms with Crippen molar-refractivity contribution in [2.75, 3.05) is 0 Å². The largest absolute Gasteiger partial charge is 0.481 e. The highest BCUT2D eigenvalue weighted by atomic mass is 16.5. The Hall–Kier alpha value is -2.28. The third kappa shape index (κ3) is 2.52. The number of fused-ring (bicyclic) bond motifs is 1. The zero-order chi connectivity index (χ0) is 15.0. The first-order valence-corrected chi connectivity index (χ1v) is 6.67. The predicted octanol–water partition coefficient (Wildman–Crippen LogP) is 1.48. The second-order valence-electron chi connectivity index (χ2n) is 5.83. The molecule has 0 fully saturated rings. The number of carbonyl (C=O) groups is 1. The number of nitrogens with zero attached hydrogens (tertiary/aromatic N) is 4. The Labute approximate surface area is 121 Å². The van der Waals surface area contributed by atoms with Crippen LogP contribution in [0.4, 0.5) is 0 Å². The van der Waals surface area contributed by atoms with Gasteiger partial charge in [-0.3, -0.25) is 4.79 Å². The van der Waals surface area contributed by atoms with Gasteiger partial charge < -0.3 is 9.84 Å². The zero-order valence-corrected chi connectivity index (χ0v) is 11.9. The summed E-state index contributed by atoms with van der Waals surface area (Å²) in [5, 5.41) is 20.8. The Morgan fingerprint density at radius 1 is 1.38 bits per heavy atom. The van der Waals surface area contributed by atoms with Crippen molar-refractivity contribution in [2.24, 2.45) is 5.41 Å². The SMILES string of the molecule is CC(C)(Cn1nnnc1-c1ccc2c(c1)COC2)C(=O)O. The smallest absolute Gasteiger partial charge is 0.310 e. The maximum Gasteiger partial charge on any atom is 0.310 e. The lowest BCUT2D eigenvalue weighted by molar-refractivity contribution is -0.147. The van der Waals surface area contributed by atoms with Crippen LogP contribution >= 0.6 is 0 Å². The molecule has 2 heterocycles. The molecule has 7 heteroatoms. The first-order chi connectivity index (χ1) is 9.97. The summed E-state index contributed by atoms with van der Waals surface area (Å²) in [6.07, 6.45) is 0. The number of aliphatic carboxylic acids is 1. The van der Waals surface area contributed by atoms with Gasteiger partial charge in [0.1, 0.15) is 0 Å². The van der Waals surface area contributed by atoms with Crippen LogP contribution in [0.15, 0.2) is 18.2 Å². The summed E-state index contributed by atoms with van der Waals surface area (Å²) in [4.78, 5) is 11.2. The minimum absolute atomic E-state index is 0.207. The summed E-state index contributed by atoms with van der Waals surface area (Å²) < 4.78 is 6.93. The van der Waals surface area contributed by atoms with E-state index in [4.69, 9.17) is 4.74 Å². The van der Waals surface area contributed by atoms with Crippen LogP contribution in [0.1, 0.15) is 25.0 Å². The number of tetrazole rings is 1. The molecular weight excluding hydrogens is 272 g/mol. The van der Waals surface area contributed by atoms with Crippen LogP contribution in [-0.4, -0.2) is 31.3 Å². The van der Waals surface area contributed by atoms with Crippen LogP contribution in [0.5, 0.6) is 0 Å². The topological polar surface area (TPSA) is 90.1 Å². The molecule has 1 N–H and O–H groups in total. The number of hydrogen-bond donors (Lipinski definition) is 1. The van der Waals surface area contributed by atoms with Crippen molar-refractivity contribution in [3.8, 4) is 11.4 Å². The van der Waals surface area contributed by atoms with Gasteiger partial charge in [-0.2, -0.15) is 0 Å². The average Bonchev–Trinajstić information content (AvgIpc) is 3.05. The number of ether oxygens (including phenoxy) is 1. The van der Waals surface area contributed by atoms with Crippen LogP contribution in [0.2, 0.25) is 0 Å². The van der Waals surface area contributed by atoms with E-state index in [9.17, 15) is 9.90 Å². The monoisotopic (exact) mass is 288 g/mol. The summed E-state index contributed by atoms with van der Waals surface area (Å²) in [7, 11) is 0. The molecule has 0 aliphatic carbocycles. The third-order valence-electron chi connectivity index (χ3n) is 3.64. The Balaban J connectivity index is 1.94. The first kappa shape index (κ1) is 13.7. The van der Waals surface area contributed by atoms with Gasteiger partial charge in [-0.15, -0.1) is 5.10 Å². The van der Waals surface area contributed by atoms with Gasteiger partial charge in [0.2, 0.25) is 0 Å². The van der Waals surface area contributed by atoms with E-state index < -0.39 is 11.4 Å². The molecule has 1 aliphatic heterocycles. The number of hydrogen-bond acceptors (Lipinski definition) is 5. The highest BCUT2D eigenvalue weighted by molar-refractivity contribution is 5.73. The fraction of sp³-hybridized carbons (Fsp3) is 0.429. The first-order valence-electron chi connectivity index (χ1n) is 6.67. The minimum Gasteiger partial charge on any atom is -0.481 e. The van der Waals surface area contributed by atoms with E-state index in [2.05, 4.69) is 15.5 Å². The number of rotatable bonds is 4. The van der Waals surface area contributed by atoms with Crippen molar-refractivity contribution in [2.45, 2.75) is 33.6 Å². The van der Waals surface area contributed by atoms with Crippen LogP contribution < -0.4 is 0 Å². The molecule has 110 valence electrons. The molecule has 0 amide bonds. The van der Waals surface area contributed by atoms with Gasteiger partial charge >= 0.3 is 5.97 Å². The van der Waals surface area contributed by atoms with E-state index in [0.717, 1.165) is 11.1 Å². The summed E-state index contributed by atoms with van der Waals surface area (Å²) in [6.45, 7) is 4.73. The van der Waals surface area contributed by atoms with Crippen molar-refractivity contribution in [3.05, 3.63) is 29.3 Å². The summed E-state index contributed by atoms with van der Waals surface area (Å²) in [5.41, 5.74) is 2.22. The zero-order valence-electron chi connectivity index (χ0n) is 11.9. The maximum absolute atomic E-state index is 11.2. The maximum atomic E-state index is 11.2. The molecule has 0 saturated carbocycles. The van der Waals surface area contributed by atoms with Gasteiger partial charge in [-0.25, -0.2) is 4.68 Å². The molecule has 21 heavy (non-hydrogen) atoms. The van der Waals surface area contributed by atoms with Gasteiger partial charge in [0.15, 0.2) is 5.82 Å². The normalized spacial score (nSPS) is 14.2. The van der Waals surface area contributed by atoms with Crippen LogP contribution in [0, 0.1) is 5.41 Å². The molecule has 0 atom stereocenters. The number of carboxylic acids is 1. The standard InChI is InChI=1S/C14H16N4O3/c1-14(2,13(19)20)8-18-12(15-16-17-18)9-3-4-10-6-21-7-11(10)5-9/h3-5H,6-8H2,1-2H3,(H,19,20). The van der Waals surface area contributed by atoms with Crippen molar-refractivity contribution in [1.82, 2.24) is 20.2 Å². The van der Waals surface area contributed by atoms with Gasteiger partial charge in [0, 0.05) is 5.56 Å². The molecular formula is C14H16N4O3. The van der Waals surface area contributed by atoms with Crippen molar-refractivity contribution >= 4 is 5.97 Å². The summed E-state index contributed by atoms with van der Waals surface area (Å²) in [6, 6.07) is 5.93. The lowest BCUT2D eigenvalue weighted by Crippen LogP contribution is -2.30. The molecule has 0 radical (unpaired) electrons. The molecule has 0 saturated heterocycles. The van der Waals surface area contributed by atoms with Gasteiger partial charge in [0.25, 0.3) is 0 Å². The fourth-order valence-electron chi connectivity index (χ4n) is 2.27. The minimum atomic E-state index is -0.941. The Bertz CT molecular complexity index is 693. The molecule has 7 nitrogen and oxygen atoms in total. The van der Waals surface area contributed by atoms with E-state index in [-0.39, 0.29) is 6.54 Å². The molecule has 0 bridgehead atoms. The van der Waals surface area contributed by atoms with Gasteiger partial charge in [0.05, 0.1) is 25.2 Å². The summed E-state index contributed by atoms with van der Waals surface area (Å²) in [5.74, 6) is -0.315. The second-order valence-corrected chi connectivity index (χ2v) is 5.83. The predicted molar refractivity (Wildman–Crippen MR) is 73.2 cm³/mol. The highest BCUT2D eigenvalue weighted by Crippen LogP contribution is 2.27. The lowest BCUT2D eigenvalue weighted by atomic mass is 9.94. The van der Waals surface area contributed by atoms with Gasteiger partial charge in [-0.05, 0) is 41.5 Å². The molecule has 0 spiro atoms. The van der Waals surface area contributed by atoms with Crippen molar-refractivity contribution in [3.63, 3.8) is 0 Å². The number of benzene rings is 1. The van der Waals surface area contributed by atoms with E-state index in [1.807, 2.05) is 18.2 Å². The number of aromatic nitrogens is 4. The second kappa shape index (κ2) is 4.92. The van der Waals surface area contributed by atoms with E-state index in [0.29, 0.717) is 19.0 Å². The fourth-order valence-corrected chi connectivity index (χ4v) is 2.27. The van der Waals surface area contributed by atoms with Crippen LogP contribution in [0.25, 0.3) is 11.4 Å². The summed E-state index contributed by atoms with van der Waals surface area (Å²) >= 11 is 0. The van der Waals surface area contributed by atoms with Crippen LogP contribution in [0.3, 0.4) is 0 Å². The quantitative estimate of drug-likeness (QED) is 0.916. The highest BCUT2D eigenvalue weighted by Gasteiger charge is 2.29. The van der Waals surface area contributed by atoms with Crippen LogP contribution in [-0.2, 0) is 29.3 Å². The third-order valence-corrected chi connectivity index (χ3v) is 3.64. The van der Waals surface area contributed by atoms with E-state index in [1.165, 1.54) is 10.2 Å². The Morgan fingerprint density at radius 2 is 2.14 bits per heavy atom. The van der Waals surface area contributed by atoms with Crippen molar-refractivity contribution < 1.29 is 14.6 Å². The molecule has 2 aromatic rings. The van der Waals surface area contributed by atoms with Crippen molar-refractivity contribution in [1.29, 1.82) is 0 Å². The Morgan fingerprint density at radius 3 is 2.90 bits per heavy atom. The van der Waals surface area contributed by atoms with Gasteiger partial charge in [-0.1, -0.05) is 12.1 Å². The Kier molecular flexibility index (Phi) is 3.21. The molecule has 1 aromatic heterocycles. The molecule has 1 aromatic carbocycles. The molecule has 0 unspecified atom stereocenters. The number of carboxylic acid groups (broad SMARTS) is 1. The lowest BCUT2D eigenvalue weighted by Gasteiger charge is -2.19. The van der Waals surface area contributed by atoms with E-state index in [1.54, 1.807) is 13.8 Å². The van der Waals surface area contributed by atoms with E-state index >= 15 is 0 Å². The molecule has 3 rings (SSSR count). The molecule has 1 aliphatic rings.